The number of rotatable bonds is 2. The van der Waals surface area contributed by atoms with E-state index in [4.69, 9.17) is 0 Å². The maximum atomic E-state index is 13.9. The number of benzene rings is 2. The summed E-state index contributed by atoms with van der Waals surface area (Å²) in [4.78, 5) is 20.4. The summed E-state index contributed by atoms with van der Waals surface area (Å²) < 4.78 is 14.1. The van der Waals surface area contributed by atoms with Gasteiger partial charge in [0.1, 0.15) is 5.82 Å². The van der Waals surface area contributed by atoms with Crippen molar-refractivity contribution in [2.75, 3.05) is 5.32 Å². The Hall–Kier alpha value is -2.34. The Kier molecular flexibility index (Phi) is 3.62. The highest BCUT2D eigenvalue weighted by atomic mass is 79.9. The van der Waals surface area contributed by atoms with E-state index in [-0.39, 0.29) is 10.0 Å². The number of hydrogen-bond donors (Lipinski definition) is 1. The van der Waals surface area contributed by atoms with Gasteiger partial charge in [0, 0.05) is 18.1 Å². The summed E-state index contributed by atoms with van der Waals surface area (Å²) in [6.07, 6.45) is 3.17. The molecular weight excluding hydrogens is 337 g/mol. The lowest BCUT2D eigenvalue weighted by molar-refractivity contribution is 0.102. The fourth-order valence-corrected chi connectivity index (χ4v) is 2.28. The van der Waals surface area contributed by atoms with Crippen LogP contribution in [0.4, 0.5) is 10.1 Å². The normalized spacial score (nSPS) is 10.6. The van der Waals surface area contributed by atoms with Crippen LogP contribution in [-0.4, -0.2) is 15.9 Å². The summed E-state index contributed by atoms with van der Waals surface area (Å²) in [7, 11) is 0. The number of halogens is 2. The fraction of sp³-hybridized carbons (Fsp3) is 0. The van der Waals surface area contributed by atoms with Gasteiger partial charge in [-0.2, -0.15) is 0 Å². The molecule has 21 heavy (non-hydrogen) atoms. The number of amides is 1. The summed E-state index contributed by atoms with van der Waals surface area (Å²) in [5.41, 5.74) is 1.89. The zero-order chi connectivity index (χ0) is 14.8. The number of aromatic nitrogens is 2. The first-order chi connectivity index (χ1) is 10.1. The number of carbonyl (C=O) groups is 1. The van der Waals surface area contributed by atoms with Crippen LogP contribution in [0.25, 0.3) is 11.0 Å². The third-order valence-electron chi connectivity index (χ3n) is 2.92. The van der Waals surface area contributed by atoms with E-state index in [1.165, 1.54) is 12.1 Å². The largest absolute Gasteiger partial charge is 0.322 e. The lowest BCUT2D eigenvalue weighted by atomic mass is 10.2. The molecule has 0 fully saturated rings. The second-order valence-electron chi connectivity index (χ2n) is 4.32. The molecule has 0 unspecified atom stereocenters. The second-order valence-corrected chi connectivity index (χ2v) is 5.17. The Balaban J connectivity index is 1.91. The smallest absolute Gasteiger partial charge is 0.258 e. The molecule has 1 N–H and O–H groups in total. The number of anilines is 1. The maximum Gasteiger partial charge on any atom is 0.258 e. The zero-order valence-electron chi connectivity index (χ0n) is 10.7. The van der Waals surface area contributed by atoms with Gasteiger partial charge in [0.05, 0.1) is 21.1 Å². The van der Waals surface area contributed by atoms with E-state index in [1.54, 1.807) is 36.7 Å². The van der Waals surface area contributed by atoms with Crippen molar-refractivity contribution in [1.82, 2.24) is 9.97 Å². The van der Waals surface area contributed by atoms with E-state index in [0.717, 1.165) is 5.52 Å². The molecule has 6 heteroatoms. The lowest BCUT2D eigenvalue weighted by Crippen LogP contribution is -2.14. The van der Waals surface area contributed by atoms with Crippen LogP contribution in [0.1, 0.15) is 10.4 Å². The molecule has 2 aromatic carbocycles. The Morgan fingerprint density at radius 1 is 1.10 bits per heavy atom. The van der Waals surface area contributed by atoms with E-state index in [9.17, 15) is 9.18 Å². The highest BCUT2D eigenvalue weighted by molar-refractivity contribution is 9.10. The average Bonchev–Trinajstić information content (AvgIpc) is 2.50. The maximum absolute atomic E-state index is 13.9. The van der Waals surface area contributed by atoms with Gasteiger partial charge in [-0.3, -0.25) is 14.8 Å². The van der Waals surface area contributed by atoms with E-state index in [2.05, 4.69) is 31.2 Å². The third-order valence-corrected chi connectivity index (χ3v) is 3.54. The minimum Gasteiger partial charge on any atom is -0.322 e. The Morgan fingerprint density at radius 2 is 1.86 bits per heavy atom. The molecule has 3 aromatic rings. The second kappa shape index (κ2) is 5.57. The van der Waals surface area contributed by atoms with Crippen molar-refractivity contribution < 1.29 is 9.18 Å². The molecule has 1 heterocycles. The average molecular weight is 346 g/mol. The van der Waals surface area contributed by atoms with Crippen molar-refractivity contribution in [2.24, 2.45) is 0 Å². The molecule has 104 valence electrons. The first-order valence-electron chi connectivity index (χ1n) is 6.11. The molecular formula is C15H9BrFN3O. The molecule has 0 atom stereocenters. The number of carbonyl (C=O) groups excluding carboxylic acids is 1. The molecule has 0 saturated heterocycles. The molecule has 1 aromatic heterocycles. The van der Waals surface area contributed by atoms with Crippen LogP contribution < -0.4 is 5.32 Å². The number of fused-ring (bicyclic) bond motifs is 1. The molecule has 0 spiro atoms. The van der Waals surface area contributed by atoms with Crippen LogP contribution in [0.2, 0.25) is 0 Å². The first kappa shape index (κ1) is 13.6. The fourth-order valence-electron chi connectivity index (χ4n) is 1.92. The van der Waals surface area contributed by atoms with Crippen LogP contribution in [-0.2, 0) is 0 Å². The van der Waals surface area contributed by atoms with Crippen LogP contribution in [0.5, 0.6) is 0 Å². The van der Waals surface area contributed by atoms with Gasteiger partial charge in [0.2, 0.25) is 0 Å². The van der Waals surface area contributed by atoms with Crippen molar-refractivity contribution in [2.45, 2.75) is 0 Å². The highest BCUT2D eigenvalue weighted by Gasteiger charge is 2.14. The number of nitrogens with zero attached hydrogens (tertiary/aromatic N) is 2. The zero-order valence-corrected chi connectivity index (χ0v) is 12.3. The third kappa shape index (κ3) is 2.75. The van der Waals surface area contributed by atoms with E-state index < -0.39 is 11.7 Å². The van der Waals surface area contributed by atoms with Crippen molar-refractivity contribution in [1.29, 1.82) is 0 Å². The van der Waals surface area contributed by atoms with Gasteiger partial charge in [-0.1, -0.05) is 6.07 Å². The van der Waals surface area contributed by atoms with Crippen molar-refractivity contribution in [3.63, 3.8) is 0 Å². The molecule has 0 bridgehead atoms. The molecule has 0 aliphatic carbocycles. The lowest BCUT2D eigenvalue weighted by Gasteiger charge is -2.07. The molecule has 4 nitrogen and oxygen atoms in total. The van der Waals surface area contributed by atoms with Gasteiger partial charge in [-0.05, 0) is 46.3 Å². The standard InChI is InChI=1S/C15H9BrFN3O/c16-11-3-1-2-10(14(11)17)15(21)20-9-4-5-12-13(8-9)19-7-6-18-12/h1-8H,(H,20,21). The van der Waals surface area contributed by atoms with Crippen molar-refractivity contribution in [3.8, 4) is 0 Å². The Labute approximate surface area is 128 Å². The van der Waals surface area contributed by atoms with Gasteiger partial charge in [0.15, 0.2) is 0 Å². The Morgan fingerprint density at radius 3 is 2.67 bits per heavy atom. The molecule has 1 amide bonds. The summed E-state index contributed by atoms with van der Waals surface area (Å²) in [5, 5.41) is 2.65. The SMILES string of the molecule is O=C(Nc1ccc2nccnc2c1)c1cccc(Br)c1F. The summed E-state index contributed by atoms with van der Waals surface area (Å²) in [6, 6.07) is 9.71. The first-order valence-corrected chi connectivity index (χ1v) is 6.90. The number of hydrogen-bond acceptors (Lipinski definition) is 3. The van der Waals surface area contributed by atoms with E-state index >= 15 is 0 Å². The summed E-state index contributed by atoms with van der Waals surface area (Å²) >= 11 is 3.06. The van der Waals surface area contributed by atoms with Crippen LogP contribution in [0, 0.1) is 5.82 Å². The molecule has 0 saturated carbocycles. The topological polar surface area (TPSA) is 54.9 Å². The molecule has 0 aliphatic heterocycles. The number of nitrogens with one attached hydrogen (secondary N) is 1. The molecule has 0 radical (unpaired) electrons. The molecule has 0 aliphatic rings. The van der Waals surface area contributed by atoms with E-state index in [1.807, 2.05) is 0 Å². The highest BCUT2D eigenvalue weighted by Crippen LogP contribution is 2.20. The van der Waals surface area contributed by atoms with Crippen molar-refractivity contribution in [3.05, 3.63) is 64.6 Å². The predicted molar refractivity (Wildman–Crippen MR) is 81.6 cm³/mol. The minimum absolute atomic E-state index is 0.0244. The van der Waals surface area contributed by atoms with Crippen LogP contribution in [0.15, 0.2) is 53.3 Å². The summed E-state index contributed by atoms with van der Waals surface area (Å²) in [6.45, 7) is 0. The minimum atomic E-state index is -0.587. The van der Waals surface area contributed by atoms with Crippen LogP contribution in [0.3, 0.4) is 0 Å². The van der Waals surface area contributed by atoms with Gasteiger partial charge in [-0.25, -0.2) is 4.39 Å². The van der Waals surface area contributed by atoms with Crippen molar-refractivity contribution >= 4 is 38.6 Å². The predicted octanol–water partition coefficient (Wildman–Crippen LogP) is 3.78. The van der Waals surface area contributed by atoms with Crippen LogP contribution >= 0.6 is 15.9 Å². The van der Waals surface area contributed by atoms with Gasteiger partial charge in [-0.15, -0.1) is 0 Å². The van der Waals surface area contributed by atoms with Gasteiger partial charge in [0.25, 0.3) is 5.91 Å². The van der Waals surface area contributed by atoms with E-state index in [0.29, 0.717) is 11.2 Å². The summed E-state index contributed by atoms with van der Waals surface area (Å²) in [5.74, 6) is -1.10. The molecule has 3 rings (SSSR count). The van der Waals surface area contributed by atoms with Gasteiger partial charge >= 0.3 is 0 Å². The quantitative estimate of drug-likeness (QED) is 0.768. The Bertz CT molecular complexity index is 838. The van der Waals surface area contributed by atoms with Gasteiger partial charge < -0.3 is 5.32 Å². The monoisotopic (exact) mass is 345 g/mol.